The summed E-state index contributed by atoms with van der Waals surface area (Å²) < 4.78 is 8.03. The molecule has 0 saturated carbocycles. The number of piperazine rings is 1. The number of ether oxygens (including phenoxy) is 1. The lowest BCUT2D eigenvalue weighted by Crippen LogP contribution is -2.56. The molecule has 2 aromatic heterocycles. The Morgan fingerprint density at radius 2 is 2.08 bits per heavy atom. The summed E-state index contributed by atoms with van der Waals surface area (Å²) in [7, 11) is 0. The number of halogens is 1. The molecule has 0 N–H and O–H groups in total. The standard InChI is InChI=1S/C17H22BrN5O2/c1-11(2)10-25-17(24)23-12-3-4-13(23)8-21(7-12)14-5-6-19-22-9-15(18)20-16(14)22/h5-6,9,11-13H,3-4,7-8,10H2,1-2H3. The van der Waals surface area contributed by atoms with E-state index in [1.54, 1.807) is 10.7 Å². The molecule has 2 aliphatic heterocycles. The van der Waals surface area contributed by atoms with Crippen LogP contribution in [0.15, 0.2) is 23.1 Å². The first-order chi connectivity index (χ1) is 12.0. The second-order valence-electron chi connectivity index (χ2n) is 7.22. The third-order valence-corrected chi connectivity index (χ3v) is 5.27. The zero-order chi connectivity index (χ0) is 17.6. The Morgan fingerprint density at radius 3 is 2.76 bits per heavy atom. The first-order valence-corrected chi connectivity index (χ1v) is 9.52. The molecular formula is C17H22BrN5O2. The number of carbonyl (C=O) groups excluding carboxylic acids is 1. The fourth-order valence-electron chi connectivity index (χ4n) is 3.81. The van der Waals surface area contributed by atoms with E-state index in [1.165, 1.54) is 0 Å². The van der Waals surface area contributed by atoms with Gasteiger partial charge >= 0.3 is 6.09 Å². The molecule has 25 heavy (non-hydrogen) atoms. The summed E-state index contributed by atoms with van der Waals surface area (Å²) in [6.07, 6.45) is 5.54. The van der Waals surface area contributed by atoms with Crippen molar-refractivity contribution in [2.45, 2.75) is 38.8 Å². The van der Waals surface area contributed by atoms with Gasteiger partial charge in [0.15, 0.2) is 5.65 Å². The quantitative estimate of drug-likeness (QED) is 0.782. The first-order valence-electron chi connectivity index (χ1n) is 8.73. The van der Waals surface area contributed by atoms with Gasteiger partial charge in [-0.2, -0.15) is 5.10 Å². The zero-order valence-electron chi connectivity index (χ0n) is 14.4. The number of fused-ring (bicyclic) bond motifs is 3. The molecule has 2 aliphatic rings. The van der Waals surface area contributed by atoms with Crippen LogP contribution in [0.4, 0.5) is 10.5 Å². The summed E-state index contributed by atoms with van der Waals surface area (Å²) in [6.45, 7) is 6.19. The highest BCUT2D eigenvalue weighted by atomic mass is 79.9. The molecule has 0 spiro atoms. The molecular weight excluding hydrogens is 386 g/mol. The maximum absolute atomic E-state index is 12.5. The Morgan fingerprint density at radius 1 is 1.36 bits per heavy atom. The van der Waals surface area contributed by atoms with E-state index in [2.05, 4.69) is 44.8 Å². The number of hydrogen-bond acceptors (Lipinski definition) is 5. The van der Waals surface area contributed by atoms with Gasteiger partial charge in [-0.05, 0) is 40.8 Å². The molecule has 4 rings (SSSR count). The first kappa shape index (κ1) is 16.6. The van der Waals surface area contributed by atoms with E-state index in [4.69, 9.17) is 4.74 Å². The average Bonchev–Trinajstić information content (AvgIpc) is 3.08. The van der Waals surface area contributed by atoms with Crippen molar-refractivity contribution < 1.29 is 9.53 Å². The van der Waals surface area contributed by atoms with Crippen molar-refractivity contribution in [2.24, 2.45) is 5.92 Å². The van der Waals surface area contributed by atoms with E-state index in [1.807, 2.05) is 17.2 Å². The van der Waals surface area contributed by atoms with Crippen molar-refractivity contribution >= 4 is 33.4 Å². The van der Waals surface area contributed by atoms with E-state index >= 15 is 0 Å². The van der Waals surface area contributed by atoms with Crippen molar-refractivity contribution in [3.8, 4) is 0 Å². The molecule has 0 radical (unpaired) electrons. The van der Waals surface area contributed by atoms with Gasteiger partial charge in [0.2, 0.25) is 0 Å². The SMILES string of the molecule is CC(C)COC(=O)N1C2CCC1CN(c1ccnn3cc(Br)nc13)C2. The summed E-state index contributed by atoms with van der Waals surface area (Å²) in [5.41, 5.74) is 1.90. The smallest absolute Gasteiger partial charge is 0.410 e. The topological polar surface area (TPSA) is 63.0 Å². The second-order valence-corrected chi connectivity index (χ2v) is 8.03. The molecule has 0 aromatic carbocycles. The predicted octanol–water partition coefficient (Wildman–Crippen LogP) is 2.94. The second kappa shape index (κ2) is 6.48. The number of hydrogen-bond donors (Lipinski definition) is 0. The Bertz CT molecular complexity index is 778. The highest BCUT2D eigenvalue weighted by Crippen LogP contribution is 2.34. The summed E-state index contributed by atoms with van der Waals surface area (Å²) >= 11 is 3.42. The number of rotatable bonds is 3. The van der Waals surface area contributed by atoms with Gasteiger partial charge < -0.3 is 9.64 Å². The van der Waals surface area contributed by atoms with Crippen LogP contribution in [0, 0.1) is 5.92 Å². The van der Waals surface area contributed by atoms with Crippen LogP contribution in [0.25, 0.3) is 5.65 Å². The third-order valence-electron chi connectivity index (χ3n) is 4.88. The third kappa shape index (κ3) is 3.07. The molecule has 4 heterocycles. The van der Waals surface area contributed by atoms with E-state index in [0.29, 0.717) is 12.5 Å². The monoisotopic (exact) mass is 407 g/mol. The molecule has 1 amide bonds. The van der Waals surface area contributed by atoms with Crippen molar-refractivity contribution in [1.29, 1.82) is 0 Å². The molecule has 2 saturated heterocycles. The van der Waals surface area contributed by atoms with E-state index in [9.17, 15) is 4.79 Å². The van der Waals surface area contributed by atoms with Gasteiger partial charge in [0.25, 0.3) is 0 Å². The lowest BCUT2D eigenvalue weighted by atomic mass is 10.2. The van der Waals surface area contributed by atoms with Crippen LogP contribution in [0.1, 0.15) is 26.7 Å². The van der Waals surface area contributed by atoms with Gasteiger partial charge in [-0.25, -0.2) is 14.3 Å². The van der Waals surface area contributed by atoms with Crippen LogP contribution in [0.2, 0.25) is 0 Å². The minimum Gasteiger partial charge on any atom is -0.449 e. The molecule has 0 aliphatic carbocycles. The maximum atomic E-state index is 12.5. The lowest BCUT2D eigenvalue weighted by molar-refractivity contribution is 0.0704. The van der Waals surface area contributed by atoms with Crippen LogP contribution in [-0.2, 0) is 4.74 Å². The number of imidazole rings is 1. The van der Waals surface area contributed by atoms with Crippen LogP contribution in [0.3, 0.4) is 0 Å². The van der Waals surface area contributed by atoms with Crippen molar-refractivity contribution in [2.75, 3.05) is 24.6 Å². The largest absolute Gasteiger partial charge is 0.449 e. The van der Waals surface area contributed by atoms with Gasteiger partial charge in [-0.3, -0.25) is 4.90 Å². The number of carbonyl (C=O) groups is 1. The zero-order valence-corrected chi connectivity index (χ0v) is 16.0. The maximum Gasteiger partial charge on any atom is 0.410 e. The van der Waals surface area contributed by atoms with Crippen molar-refractivity contribution in [1.82, 2.24) is 19.5 Å². The van der Waals surface area contributed by atoms with Crippen molar-refractivity contribution in [3.63, 3.8) is 0 Å². The molecule has 2 aromatic rings. The van der Waals surface area contributed by atoms with E-state index in [-0.39, 0.29) is 18.2 Å². The number of nitrogens with zero attached hydrogens (tertiary/aromatic N) is 5. The highest BCUT2D eigenvalue weighted by Gasteiger charge is 2.43. The Kier molecular flexibility index (Phi) is 4.31. The van der Waals surface area contributed by atoms with Gasteiger partial charge in [0.05, 0.1) is 36.8 Å². The van der Waals surface area contributed by atoms with Gasteiger partial charge in [-0.15, -0.1) is 0 Å². The average molecular weight is 408 g/mol. The minimum atomic E-state index is -0.163. The lowest BCUT2D eigenvalue weighted by Gasteiger charge is -2.41. The summed E-state index contributed by atoms with van der Waals surface area (Å²) in [5.74, 6) is 0.354. The van der Waals surface area contributed by atoms with E-state index in [0.717, 1.165) is 41.9 Å². The predicted molar refractivity (Wildman–Crippen MR) is 97.7 cm³/mol. The number of amides is 1. The van der Waals surface area contributed by atoms with Crippen LogP contribution >= 0.6 is 15.9 Å². The number of anilines is 1. The minimum absolute atomic E-state index is 0.163. The van der Waals surface area contributed by atoms with E-state index < -0.39 is 0 Å². The van der Waals surface area contributed by atoms with Crippen molar-refractivity contribution in [3.05, 3.63) is 23.1 Å². The molecule has 2 bridgehead atoms. The summed E-state index contributed by atoms with van der Waals surface area (Å²) in [5, 5.41) is 4.31. The fourth-order valence-corrected chi connectivity index (χ4v) is 4.18. The molecule has 8 heteroatoms. The molecule has 2 fully saturated rings. The Labute approximate surface area is 155 Å². The van der Waals surface area contributed by atoms with Gasteiger partial charge in [-0.1, -0.05) is 13.8 Å². The molecule has 7 nitrogen and oxygen atoms in total. The highest BCUT2D eigenvalue weighted by molar-refractivity contribution is 9.10. The number of aromatic nitrogens is 3. The van der Waals surface area contributed by atoms with Crippen LogP contribution < -0.4 is 4.90 Å². The Hall–Kier alpha value is -1.83. The van der Waals surface area contributed by atoms with Gasteiger partial charge in [0, 0.05) is 13.1 Å². The fraction of sp³-hybridized carbons (Fsp3) is 0.588. The molecule has 2 unspecified atom stereocenters. The molecule has 134 valence electrons. The van der Waals surface area contributed by atoms with Gasteiger partial charge in [0.1, 0.15) is 4.60 Å². The van der Waals surface area contributed by atoms with Crippen LogP contribution in [0.5, 0.6) is 0 Å². The Balaban J connectivity index is 1.54. The van der Waals surface area contributed by atoms with Crippen LogP contribution in [-0.4, -0.2) is 57.4 Å². The molecule has 2 atom stereocenters. The normalized spacial score (nSPS) is 22.9. The summed E-state index contributed by atoms with van der Waals surface area (Å²) in [4.78, 5) is 21.3. The summed E-state index contributed by atoms with van der Waals surface area (Å²) in [6, 6.07) is 2.40.